The topological polar surface area (TPSA) is 18.1 Å². The van der Waals surface area contributed by atoms with Crippen LogP contribution in [0.5, 0.6) is 0 Å². The van der Waals surface area contributed by atoms with Crippen molar-refractivity contribution in [2.24, 2.45) is 0 Å². The van der Waals surface area contributed by atoms with Gasteiger partial charge in [-0.05, 0) is 57.6 Å². The number of aromatic nitrogens is 1. The van der Waals surface area contributed by atoms with Crippen molar-refractivity contribution in [1.82, 2.24) is 4.57 Å². The lowest BCUT2D eigenvalue weighted by Gasteiger charge is -2.14. The van der Waals surface area contributed by atoms with E-state index in [1.54, 1.807) is 0 Å². The summed E-state index contributed by atoms with van der Waals surface area (Å²) in [6.07, 6.45) is 0. The number of para-hydroxylation sites is 2. The summed E-state index contributed by atoms with van der Waals surface area (Å²) >= 11 is 0. The van der Waals surface area contributed by atoms with Gasteiger partial charge < -0.3 is 8.98 Å². The van der Waals surface area contributed by atoms with Gasteiger partial charge in [0.05, 0.1) is 11.0 Å². The zero-order valence-corrected chi connectivity index (χ0v) is 21.0. The molecule has 39 heavy (non-hydrogen) atoms. The normalized spacial score (nSPS) is 14.9. The number of hydrogen-bond donors (Lipinski definition) is 0. The standard InChI is InChI=1S/C37H21NO/c1-2-11-26-22(8-1)27-12-7-13-29-34(27)35(26)30-19-18-28-23-9-3-5-14-31(23)38(37(28)36(29)30)21-16-17-25-24-10-4-6-15-32(24)39-33(25)20-21/h1-20,35H. The summed E-state index contributed by atoms with van der Waals surface area (Å²) in [6, 6.07) is 44.3. The maximum absolute atomic E-state index is 6.33. The lowest BCUT2D eigenvalue weighted by atomic mass is 9.92. The number of rotatable bonds is 1. The Bertz CT molecular complexity index is 2350. The summed E-state index contributed by atoms with van der Waals surface area (Å²) in [7, 11) is 0. The van der Waals surface area contributed by atoms with Crippen LogP contribution < -0.4 is 0 Å². The second-order valence-corrected chi connectivity index (χ2v) is 10.8. The maximum atomic E-state index is 6.33. The third-order valence-electron chi connectivity index (χ3n) is 9.03. The van der Waals surface area contributed by atoms with Crippen molar-refractivity contribution in [2.75, 3.05) is 0 Å². The van der Waals surface area contributed by atoms with Crippen LogP contribution in [-0.4, -0.2) is 4.57 Å². The highest BCUT2D eigenvalue weighted by atomic mass is 16.3. The van der Waals surface area contributed by atoms with E-state index in [-0.39, 0.29) is 5.92 Å². The van der Waals surface area contributed by atoms with Crippen molar-refractivity contribution < 1.29 is 4.42 Å². The molecule has 2 aliphatic rings. The van der Waals surface area contributed by atoms with Gasteiger partial charge >= 0.3 is 0 Å². The van der Waals surface area contributed by atoms with Crippen molar-refractivity contribution in [1.29, 1.82) is 0 Å². The molecule has 2 nitrogen and oxygen atoms in total. The van der Waals surface area contributed by atoms with E-state index >= 15 is 0 Å². The molecule has 0 fully saturated rings. The first-order valence-corrected chi connectivity index (χ1v) is 13.6. The van der Waals surface area contributed by atoms with Gasteiger partial charge in [0.15, 0.2) is 0 Å². The smallest absolute Gasteiger partial charge is 0.137 e. The second kappa shape index (κ2) is 6.86. The average Bonchev–Trinajstić information content (AvgIpc) is 3.71. The highest BCUT2D eigenvalue weighted by molar-refractivity contribution is 6.16. The summed E-state index contributed by atoms with van der Waals surface area (Å²) in [5.74, 6) is 0.288. The van der Waals surface area contributed by atoms with E-state index in [2.05, 4.69) is 114 Å². The fourth-order valence-electron chi connectivity index (χ4n) is 7.52. The van der Waals surface area contributed by atoms with Gasteiger partial charge in [0.2, 0.25) is 0 Å². The molecule has 0 spiro atoms. The van der Waals surface area contributed by atoms with Gasteiger partial charge in [-0.25, -0.2) is 0 Å². The molecule has 0 saturated heterocycles. The van der Waals surface area contributed by atoms with Crippen LogP contribution >= 0.6 is 0 Å². The van der Waals surface area contributed by atoms with Crippen LogP contribution in [0.4, 0.5) is 0 Å². The van der Waals surface area contributed by atoms with Crippen molar-refractivity contribution in [3.63, 3.8) is 0 Å². The summed E-state index contributed by atoms with van der Waals surface area (Å²) in [4.78, 5) is 0. The van der Waals surface area contributed by atoms with E-state index in [0.29, 0.717) is 0 Å². The number of nitrogens with zero attached hydrogens (tertiary/aromatic N) is 1. The first-order valence-electron chi connectivity index (χ1n) is 13.6. The van der Waals surface area contributed by atoms with Gasteiger partial charge in [0.1, 0.15) is 11.2 Å². The van der Waals surface area contributed by atoms with E-state index in [1.165, 1.54) is 60.8 Å². The van der Waals surface area contributed by atoms with E-state index < -0.39 is 0 Å². The summed E-state index contributed by atoms with van der Waals surface area (Å²) in [5, 5.41) is 4.88. The minimum Gasteiger partial charge on any atom is -0.456 e. The fourth-order valence-corrected chi connectivity index (χ4v) is 7.52. The Morgan fingerprint density at radius 2 is 1.26 bits per heavy atom. The first kappa shape index (κ1) is 20.0. The van der Waals surface area contributed by atoms with Crippen molar-refractivity contribution >= 4 is 43.7 Å². The first-order chi connectivity index (χ1) is 19.4. The van der Waals surface area contributed by atoms with Gasteiger partial charge in [-0.2, -0.15) is 0 Å². The number of hydrogen-bond acceptors (Lipinski definition) is 1. The number of furan rings is 1. The molecule has 2 aliphatic carbocycles. The molecular weight excluding hydrogens is 474 g/mol. The van der Waals surface area contributed by atoms with Gasteiger partial charge in [-0.15, -0.1) is 0 Å². The Kier molecular flexibility index (Phi) is 3.51. The van der Waals surface area contributed by atoms with Crippen LogP contribution in [0.15, 0.2) is 126 Å². The van der Waals surface area contributed by atoms with Crippen LogP contribution in [0, 0.1) is 0 Å². The van der Waals surface area contributed by atoms with Gasteiger partial charge in [-0.1, -0.05) is 91.0 Å². The molecule has 0 amide bonds. The lowest BCUT2D eigenvalue weighted by molar-refractivity contribution is 0.668. The Hall–Kier alpha value is -5.08. The van der Waals surface area contributed by atoms with Crippen molar-refractivity contribution in [3.8, 4) is 27.9 Å². The molecule has 180 valence electrons. The molecule has 1 unspecified atom stereocenters. The third kappa shape index (κ3) is 2.34. The molecule has 0 saturated carbocycles. The van der Waals surface area contributed by atoms with E-state index in [0.717, 1.165) is 27.6 Å². The molecule has 0 N–H and O–H groups in total. The molecule has 2 heteroatoms. The SMILES string of the molecule is c1ccc2c(c1)-c1cccc3c1C2c1ccc2c4ccccc4n(-c4ccc5c(c4)oc4ccccc45)c2c1-3. The molecule has 8 aromatic rings. The van der Waals surface area contributed by atoms with Gasteiger partial charge in [0, 0.05) is 44.8 Å². The predicted molar refractivity (Wildman–Crippen MR) is 160 cm³/mol. The monoisotopic (exact) mass is 495 g/mol. The molecule has 10 rings (SSSR count). The molecule has 0 bridgehead atoms. The van der Waals surface area contributed by atoms with Gasteiger partial charge in [0.25, 0.3) is 0 Å². The van der Waals surface area contributed by atoms with Crippen molar-refractivity contribution in [2.45, 2.75) is 5.92 Å². The Morgan fingerprint density at radius 1 is 0.513 bits per heavy atom. The summed E-state index contributed by atoms with van der Waals surface area (Å²) < 4.78 is 8.79. The lowest BCUT2D eigenvalue weighted by Crippen LogP contribution is -1.97. The molecule has 2 aromatic heterocycles. The predicted octanol–water partition coefficient (Wildman–Crippen LogP) is 9.82. The average molecular weight is 496 g/mol. The molecule has 0 radical (unpaired) electrons. The minimum atomic E-state index is 0.288. The molecule has 0 aliphatic heterocycles. The zero-order chi connectivity index (χ0) is 25.2. The van der Waals surface area contributed by atoms with Crippen LogP contribution in [-0.2, 0) is 0 Å². The van der Waals surface area contributed by atoms with E-state index in [1.807, 2.05) is 12.1 Å². The van der Waals surface area contributed by atoms with Crippen LogP contribution in [0.1, 0.15) is 22.6 Å². The van der Waals surface area contributed by atoms with Gasteiger partial charge in [-0.3, -0.25) is 0 Å². The largest absolute Gasteiger partial charge is 0.456 e. The second-order valence-electron chi connectivity index (χ2n) is 10.8. The number of fused-ring (bicyclic) bond motifs is 13. The molecular formula is C37H21NO. The summed E-state index contributed by atoms with van der Waals surface area (Å²) in [5.41, 5.74) is 15.2. The van der Waals surface area contributed by atoms with Crippen molar-refractivity contribution in [3.05, 3.63) is 138 Å². The highest BCUT2D eigenvalue weighted by Crippen LogP contribution is 2.59. The van der Waals surface area contributed by atoms with E-state index in [4.69, 9.17) is 4.42 Å². The van der Waals surface area contributed by atoms with Crippen LogP contribution in [0.3, 0.4) is 0 Å². The molecule has 1 atom stereocenters. The molecule has 2 heterocycles. The zero-order valence-electron chi connectivity index (χ0n) is 21.0. The fraction of sp³-hybridized carbons (Fsp3) is 0.0270. The number of benzene rings is 6. The quantitative estimate of drug-likeness (QED) is 0.222. The maximum Gasteiger partial charge on any atom is 0.137 e. The molecule has 6 aromatic carbocycles. The Labute approximate surface area is 224 Å². The van der Waals surface area contributed by atoms with E-state index in [9.17, 15) is 0 Å². The summed E-state index contributed by atoms with van der Waals surface area (Å²) in [6.45, 7) is 0. The Balaban J connectivity index is 1.35. The van der Waals surface area contributed by atoms with Crippen LogP contribution in [0.25, 0.3) is 71.7 Å². The third-order valence-corrected chi connectivity index (χ3v) is 9.03. The highest BCUT2D eigenvalue weighted by Gasteiger charge is 2.40. The minimum absolute atomic E-state index is 0.288. The Morgan fingerprint density at radius 3 is 2.23 bits per heavy atom. The van der Waals surface area contributed by atoms with Crippen LogP contribution in [0.2, 0.25) is 0 Å².